The molecule has 0 amide bonds. The number of esters is 1. The summed E-state index contributed by atoms with van der Waals surface area (Å²) in [6.45, 7) is 2.42. The molecular formula is C34H33N3O2. The van der Waals surface area contributed by atoms with Crippen LogP contribution in [0.4, 0.5) is 0 Å². The second kappa shape index (κ2) is 12.1. The fourth-order valence-corrected chi connectivity index (χ4v) is 5.70. The Bertz CT molecular complexity index is 1340. The van der Waals surface area contributed by atoms with Gasteiger partial charge >= 0.3 is 5.97 Å². The van der Waals surface area contributed by atoms with E-state index in [1.165, 1.54) is 0 Å². The molecule has 5 heteroatoms. The van der Waals surface area contributed by atoms with Crippen LogP contribution in [-0.2, 0) is 27.0 Å². The van der Waals surface area contributed by atoms with Crippen molar-refractivity contribution in [3.63, 3.8) is 0 Å². The minimum absolute atomic E-state index is 0.164. The molecule has 4 aromatic rings. The Labute approximate surface area is 230 Å². The monoisotopic (exact) mass is 515 g/mol. The van der Waals surface area contributed by atoms with Crippen LogP contribution in [0.15, 0.2) is 115 Å². The van der Waals surface area contributed by atoms with E-state index < -0.39 is 10.8 Å². The summed E-state index contributed by atoms with van der Waals surface area (Å²) in [5.74, 6) is -0.195. The van der Waals surface area contributed by atoms with Crippen LogP contribution >= 0.6 is 0 Å². The largest absolute Gasteiger partial charge is 0.459 e. The molecule has 39 heavy (non-hydrogen) atoms. The summed E-state index contributed by atoms with van der Waals surface area (Å²) in [5.41, 5.74) is 2.31. The maximum absolute atomic E-state index is 13.6. The van der Waals surface area contributed by atoms with Gasteiger partial charge in [-0.2, -0.15) is 5.26 Å². The number of rotatable bonds is 9. The van der Waals surface area contributed by atoms with Crippen molar-refractivity contribution in [3.8, 4) is 6.07 Å². The first-order valence-corrected chi connectivity index (χ1v) is 13.5. The van der Waals surface area contributed by atoms with Crippen molar-refractivity contribution < 1.29 is 9.53 Å². The number of nitriles is 1. The molecule has 1 fully saturated rings. The topological polar surface area (TPSA) is 66.2 Å². The number of ether oxygens (including phenoxy) is 1. The van der Waals surface area contributed by atoms with Gasteiger partial charge in [0.05, 0.1) is 17.2 Å². The number of carbonyl (C=O) groups excluding carboxylic acids is 1. The summed E-state index contributed by atoms with van der Waals surface area (Å²) < 4.78 is 5.84. The molecule has 1 aliphatic rings. The average Bonchev–Trinajstić information content (AvgIpc) is 3.03. The van der Waals surface area contributed by atoms with Crippen LogP contribution in [0.5, 0.6) is 0 Å². The van der Waals surface area contributed by atoms with Gasteiger partial charge in [0.1, 0.15) is 12.0 Å². The summed E-state index contributed by atoms with van der Waals surface area (Å²) in [7, 11) is 0. The van der Waals surface area contributed by atoms with E-state index in [1.807, 2.05) is 109 Å². The Morgan fingerprint density at radius 3 is 1.95 bits per heavy atom. The maximum Gasteiger partial charge on any atom is 0.317 e. The van der Waals surface area contributed by atoms with E-state index in [0.717, 1.165) is 42.0 Å². The van der Waals surface area contributed by atoms with Gasteiger partial charge in [-0.15, -0.1) is 0 Å². The maximum atomic E-state index is 13.6. The lowest BCUT2D eigenvalue weighted by Gasteiger charge is -2.41. The minimum Gasteiger partial charge on any atom is -0.459 e. The average molecular weight is 516 g/mol. The van der Waals surface area contributed by atoms with Crippen molar-refractivity contribution in [3.05, 3.63) is 138 Å². The van der Waals surface area contributed by atoms with Gasteiger partial charge in [-0.3, -0.25) is 9.78 Å². The summed E-state index contributed by atoms with van der Waals surface area (Å²) in [4.78, 5) is 20.3. The highest BCUT2D eigenvalue weighted by Gasteiger charge is 2.45. The fraction of sp³-hybridized carbons (Fsp3) is 0.265. The molecule has 3 aromatic carbocycles. The Morgan fingerprint density at radius 2 is 1.41 bits per heavy atom. The number of piperidine rings is 1. The van der Waals surface area contributed by atoms with Crippen molar-refractivity contribution >= 4 is 5.97 Å². The van der Waals surface area contributed by atoms with Crippen molar-refractivity contribution in [2.75, 3.05) is 19.6 Å². The second-order valence-corrected chi connectivity index (χ2v) is 10.2. The lowest BCUT2D eigenvalue weighted by atomic mass is 9.71. The van der Waals surface area contributed by atoms with Crippen LogP contribution < -0.4 is 0 Å². The number of likely N-dealkylation sites (tertiary alicyclic amines) is 1. The summed E-state index contributed by atoms with van der Waals surface area (Å²) in [6, 6.07) is 38.4. The molecule has 0 unspecified atom stereocenters. The first-order valence-electron chi connectivity index (χ1n) is 13.5. The number of benzene rings is 3. The van der Waals surface area contributed by atoms with Crippen molar-refractivity contribution in [2.24, 2.45) is 0 Å². The summed E-state index contributed by atoms with van der Waals surface area (Å²) in [6.07, 6.45) is 3.70. The van der Waals surface area contributed by atoms with Crippen LogP contribution in [0.25, 0.3) is 0 Å². The fourth-order valence-electron chi connectivity index (χ4n) is 5.70. The number of aromatic nitrogens is 1. The second-order valence-electron chi connectivity index (χ2n) is 10.2. The molecule has 1 saturated heterocycles. The predicted molar refractivity (Wildman–Crippen MR) is 152 cm³/mol. The third kappa shape index (κ3) is 5.62. The van der Waals surface area contributed by atoms with E-state index in [0.29, 0.717) is 19.3 Å². The van der Waals surface area contributed by atoms with Gasteiger partial charge in [-0.25, -0.2) is 0 Å². The van der Waals surface area contributed by atoms with Gasteiger partial charge in [0.15, 0.2) is 0 Å². The molecule has 0 N–H and O–H groups in total. The zero-order chi connectivity index (χ0) is 27.0. The van der Waals surface area contributed by atoms with Crippen LogP contribution in [-0.4, -0.2) is 35.5 Å². The molecule has 1 aliphatic heterocycles. The van der Waals surface area contributed by atoms with Gasteiger partial charge in [0, 0.05) is 12.7 Å². The van der Waals surface area contributed by atoms with E-state index in [1.54, 1.807) is 6.20 Å². The predicted octanol–water partition coefficient (Wildman–Crippen LogP) is 6.06. The minimum atomic E-state index is -0.738. The first kappa shape index (κ1) is 26.3. The first-order chi connectivity index (χ1) is 19.2. The van der Waals surface area contributed by atoms with E-state index >= 15 is 0 Å². The number of carbonyl (C=O) groups is 1. The summed E-state index contributed by atoms with van der Waals surface area (Å²) >= 11 is 0. The standard InChI is InChI=1S/C34H33N3O2/c35-27-34(29-14-6-2-7-15-29,30-16-8-3-9-17-30)21-25-37-23-19-33(20-24-37,28-12-4-1-5-13-28)32(38)39-26-31-18-10-11-22-36-31/h1-18,22H,19-21,23-26H2. The van der Waals surface area contributed by atoms with Crippen LogP contribution in [0, 0.1) is 11.3 Å². The van der Waals surface area contributed by atoms with Gasteiger partial charge in [-0.05, 0) is 61.2 Å². The number of hydrogen-bond donors (Lipinski definition) is 0. The molecule has 5 nitrogen and oxygen atoms in total. The highest BCUT2D eigenvalue weighted by atomic mass is 16.5. The highest BCUT2D eigenvalue weighted by Crippen LogP contribution is 2.39. The van der Waals surface area contributed by atoms with E-state index in [9.17, 15) is 10.1 Å². The molecule has 5 rings (SSSR count). The van der Waals surface area contributed by atoms with Crippen molar-refractivity contribution in [1.82, 2.24) is 9.88 Å². The number of pyridine rings is 1. The van der Waals surface area contributed by atoms with Crippen molar-refractivity contribution in [1.29, 1.82) is 5.26 Å². The van der Waals surface area contributed by atoms with Crippen LogP contribution in [0.1, 0.15) is 41.6 Å². The number of nitrogens with zero attached hydrogens (tertiary/aromatic N) is 3. The quantitative estimate of drug-likeness (QED) is 0.254. The van der Waals surface area contributed by atoms with E-state index in [2.05, 4.69) is 16.0 Å². The van der Waals surface area contributed by atoms with Gasteiger partial charge < -0.3 is 9.64 Å². The normalized spacial score (nSPS) is 15.3. The van der Waals surface area contributed by atoms with Crippen LogP contribution in [0.3, 0.4) is 0 Å². The lowest BCUT2D eigenvalue weighted by molar-refractivity contribution is -0.154. The smallest absolute Gasteiger partial charge is 0.317 e. The molecule has 2 heterocycles. The Morgan fingerprint density at radius 1 is 0.846 bits per heavy atom. The Hall–Kier alpha value is -4.27. The molecule has 0 radical (unpaired) electrons. The van der Waals surface area contributed by atoms with Gasteiger partial charge in [-0.1, -0.05) is 97.1 Å². The molecule has 0 atom stereocenters. The molecule has 1 aromatic heterocycles. The molecule has 0 spiro atoms. The van der Waals surface area contributed by atoms with Crippen LogP contribution in [0.2, 0.25) is 0 Å². The summed E-state index contributed by atoms with van der Waals surface area (Å²) in [5, 5.41) is 10.5. The van der Waals surface area contributed by atoms with Gasteiger partial charge in [0.2, 0.25) is 0 Å². The third-order valence-electron chi connectivity index (χ3n) is 8.03. The van der Waals surface area contributed by atoms with Crippen molar-refractivity contribution in [2.45, 2.75) is 36.7 Å². The lowest BCUT2D eigenvalue weighted by Crippen LogP contribution is -2.49. The van der Waals surface area contributed by atoms with E-state index in [-0.39, 0.29) is 12.6 Å². The molecule has 196 valence electrons. The highest BCUT2D eigenvalue weighted by molar-refractivity contribution is 5.83. The Kier molecular flexibility index (Phi) is 8.15. The molecule has 0 saturated carbocycles. The molecular weight excluding hydrogens is 482 g/mol. The Balaban J connectivity index is 1.32. The van der Waals surface area contributed by atoms with Gasteiger partial charge in [0.25, 0.3) is 0 Å². The third-order valence-corrected chi connectivity index (χ3v) is 8.03. The SMILES string of the molecule is N#CC(CCN1CCC(C(=O)OCc2ccccn2)(c2ccccc2)CC1)(c1ccccc1)c1ccccc1. The number of hydrogen-bond acceptors (Lipinski definition) is 5. The zero-order valence-corrected chi connectivity index (χ0v) is 22.1. The zero-order valence-electron chi connectivity index (χ0n) is 22.1. The van der Waals surface area contributed by atoms with E-state index in [4.69, 9.17) is 4.74 Å². The molecule has 0 aliphatic carbocycles. The molecule has 0 bridgehead atoms.